The molecule has 0 radical (unpaired) electrons. The first-order chi connectivity index (χ1) is 20.6. The molecular formula is C31H35N5O7. The normalized spacial score (nSPS) is 25.1. The van der Waals surface area contributed by atoms with Crippen LogP contribution < -0.4 is 10.6 Å². The molecule has 43 heavy (non-hydrogen) atoms. The number of aromatic hydroxyl groups is 1. The minimum atomic E-state index is -1.42. The van der Waals surface area contributed by atoms with Gasteiger partial charge in [0.2, 0.25) is 5.91 Å². The second kappa shape index (κ2) is 13.9. The van der Waals surface area contributed by atoms with E-state index in [1.54, 1.807) is 55.7 Å². The van der Waals surface area contributed by atoms with Crippen LogP contribution in [0.4, 0.5) is 0 Å². The zero-order valence-corrected chi connectivity index (χ0v) is 24.1. The van der Waals surface area contributed by atoms with Crippen molar-refractivity contribution in [3.63, 3.8) is 0 Å². The molecule has 0 bridgehead atoms. The van der Waals surface area contributed by atoms with Crippen molar-refractivity contribution in [2.24, 2.45) is 5.92 Å². The summed E-state index contributed by atoms with van der Waals surface area (Å²) in [4.78, 5) is 63.3. The number of aliphatic hydroxyl groups excluding tert-OH is 1. The number of benzene rings is 1. The molecule has 226 valence electrons. The van der Waals surface area contributed by atoms with Gasteiger partial charge in [-0.05, 0) is 49.6 Å². The van der Waals surface area contributed by atoms with Crippen LogP contribution in [0, 0.1) is 5.92 Å². The number of likely N-dealkylation sites (N-methyl/N-ethyl adjacent to an activating group) is 1. The number of nitrogens with zero attached hydrogens (tertiary/aromatic N) is 3. The van der Waals surface area contributed by atoms with Gasteiger partial charge in [0.1, 0.15) is 11.8 Å². The lowest BCUT2D eigenvalue weighted by molar-refractivity contribution is -0.167. The number of carbonyl (C=O) groups is 4. The Kier molecular flexibility index (Phi) is 10.0. The number of hydrogen-bond acceptors (Lipinski definition) is 9. The SMILES string of the molecule is C[C@@H]1[C@H](NC(=O)c2ncccc2O)C(=O)N[C@@H](Cc2cccnc2)[C@@H](O)[C@@H](C)C(=O)OC(Cc2ccccc2)C(=O)N1C. The highest BCUT2D eigenvalue weighted by molar-refractivity contribution is 5.98. The van der Waals surface area contributed by atoms with Crippen molar-refractivity contribution in [3.8, 4) is 5.75 Å². The number of amides is 3. The molecule has 6 atom stereocenters. The zero-order valence-electron chi connectivity index (χ0n) is 24.1. The number of nitrogens with one attached hydrogen (secondary N) is 2. The maximum Gasteiger partial charge on any atom is 0.312 e. The third-order valence-corrected chi connectivity index (χ3v) is 7.61. The Bertz CT molecular complexity index is 1440. The van der Waals surface area contributed by atoms with Gasteiger partial charge in [-0.25, -0.2) is 4.98 Å². The van der Waals surface area contributed by atoms with E-state index in [4.69, 9.17) is 4.74 Å². The fourth-order valence-electron chi connectivity index (χ4n) is 4.88. The van der Waals surface area contributed by atoms with Crippen molar-refractivity contribution in [1.29, 1.82) is 0 Å². The van der Waals surface area contributed by atoms with Gasteiger partial charge in [-0.3, -0.25) is 24.2 Å². The Labute approximate surface area is 249 Å². The first-order valence-corrected chi connectivity index (χ1v) is 13.9. The van der Waals surface area contributed by atoms with Gasteiger partial charge in [0.15, 0.2) is 11.8 Å². The van der Waals surface area contributed by atoms with Crippen molar-refractivity contribution in [3.05, 3.63) is 90.0 Å². The molecule has 4 N–H and O–H groups in total. The number of aliphatic hydroxyl groups is 1. The van der Waals surface area contributed by atoms with Gasteiger partial charge in [0.05, 0.1) is 24.1 Å². The average Bonchev–Trinajstić information content (AvgIpc) is 3.01. The summed E-state index contributed by atoms with van der Waals surface area (Å²) in [6, 6.07) is 11.9. The molecule has 1 aliphatic heterocycles. The molecule has 3 heterocycles. The fraction of sp³-hybridized carbons (Fsp3) is 0.355. The first-order valence-electron chi connectivity index (χ1n) is 13.9. The number of aromatic nitrogens is 2. The molecule has 3 amide bonds. The van der Waals surface area contributed by atoms with Crippen LogP contribution in [0.5, 0.6) is 5.75 Å². The largest absolute Gasteiger partial charge is 0.505 e. The molecule has 2 aromatic heterocycles. The van der Waals surface area contributed by atoms with Crippen molar-refractivity contribution < 1.29 is 34.1 Å². The second-order valence-electron chi connectivity index (χ2n) is 10.6. The molecule has 1 aromatic carbocycles. The maximum absolute atomic E-state index is 13.9. The summed E-state index contributed by atoms with van der Waals surface area (Å²) in [6.07, 6.45) is 1.94. The van der Waals surface area contributed by atoms with Crippen molar-refractivity contribution >= 4 is 23.7 Å². The van der Waals surface area contributed by atoms with Crippen molar-refractivity contribution in [2.45, 2.75) is 57.0 Å². The number of carbonyl (C=O) groups excluding carboxylic acids is 4. The maximum atomic E-state index is 13.9. The molecule has 4 rings (SSSR count). The highest BCUT2D eigenvalue weighted by Gasteiger charge is 2.41. The van der Waals surface area contributed by atoms with Crippen LogP contribution in [0.1, 0.15) is 35.5 Å². The van der Waals surface area contributed by atoms with E-state index in [-0.39, 0.29) is 24.3 Å². The second-order valence-corrected chi connectivity index (χ2v) is 10.6. The lowest BCUT2D eigenvalue weighted by Crippen LogP contribution is -2.62. The number of hydrogen-bond donors (Lipinski definition) is 4. The lowest BCUT2D eigenvalue weighted by atomic mass is 9.92. The van der Waals surface area contributed by atoms with E-state index in [0.717, 1.165) is 5.56 Å². The smallest absolute Gasteiger partial charge is 0.312 e. The van der Waals surface area contributed by atoms with Gasteiger partial charge in [0.25, 0.3) is 11.8 Å². The Morgan fingerprint density at radius 2 is 1.70 bits per heavy atom. The first kappa shape index (κ1) is 31.1. The summed E-state index contributed by atoms with van der Waals surface area (Å²) < 4.78 is 5.72. The number of ether oxygens (including phenoxy) is 1. The van der Waals surface area contributed by atoms with Gasteiger partial charge in [-0.15, -0.1) is 0 Å². The van der Waals surface area contributed by atoms with E-state index >= 15 is 0 Å². The molecule has 12 heteroatoms. The number of esters is 1. The van der Waals surface area contributed by atoms with Crippen molar-refractivity contribution in [2.75, 3.05) is 7.05 Å². The van der Waals surface area contributed by atoms with Gasteiger partial charge in [0, 0.05) is 32.1 Å². The molecule has 1 fully saturated rings. The lowest BCUT2D eigenvalue weighted by Gasteiger charge is -2.37. The van der Waals surface area contributed by atoms with Crippen molar-refractivity contribution in [1.82, 2.24) is 25.5 Å². The monoisotopic (exact) mass is 589 g/mol. The van der Waals surface area contributed by atoms with E-state index in [9.17, 15) is 29.4 Å². The topological polar surface area (TPSA) is 171 Å². The van der Waals surface area contributed by atoms with Crippen LogP contribution in [-0.4, -0.2) is 86.2 Å². The van der Waals surface area contributed by atoms with E-state index in [2.05, 4.69) is 20.6 Å². The van der Waals surface area contributed by atoms with Gasteiger partial charge in [-0.2, -0.15) is 0 Å². The predicted molar refractivity (Wildman–Crippen MR) is 154 cm³/mol. The number of rotatable bonds is 6. The van der Waals surface area contributed by atoms with Crippen LogP contribution in [0.25, 0.3) is 0 Å². The average molecular weight is 590 g/mol. The van der Waals surface area contributed by atoms with Crippen LogP contribution in [0.3, 0.4) is 0 Å². The molecule has 0 aliphatic carbocycles. The quantitative estimate of drug-likeness (QED) is 0.307. The summed E-state index contributed by atoms with van der Waals surface area (Å²) in [5.74, 6) is -4.49. The van der Waals surface area contributed by atoms with Gasteiger partial charge in [-0.1, -0.05) is 36.4 Å². The molecule has 3 aromatic rings. The number of pyridine rings is 2. The van der Waals surface area contributed by atoms with Crippen LogP contribution in [0.2, 0.25) is 0 Å². The standard InChI is InChI=1S/C31H35N5O7/c1-18-27(38)22(15-21-11-7-13-32-17-21)34-28(39)25(35-29(40)26-23(37)12-8-14-33-26)19(2)36(3)30(41)24(43-31(18)42)16-20-9-5-4-6-10-20/h4-14,17-19,22,24-25,27,37-38H,15-16H2,1-3H3,(H,34,39)(H,35,40)/t18-,19-,22+,24?,25+,27+/m1/s1. The molecule has 0 saturated carbocycles. The minimum Gasteiger partial charge on any atom is -0.505 e. The number of cyclic esters (lactones) is 1. The van der Waals surface area contributed by atoms with E-state index in [0.29, 0.717) is 5.56 Å². The molecule has 1 aliphatic rings. The summed E-state index contributed by atoms with van der Waals surface area (Å²) in [5, 5.41) is 26.9. The summed E-state index contributed by atoms with van der Waals surface area (Å²) in [6.45, 7) is 3.02. The summed E-state index contributed by atoms with van der Waals surface area (Å²) >= 11 is 0. The predicted octanol–water partition coefficient (Wildman–Crippen LogP) is 1.02. The highest BCUT2D eigenvalue weighted by Crippen LogP contribution is 2.20. The van der Waals surface area contributed by atoms with E-state index in [1.807, 2.05) is 6.07 Å². The minimum absolute atomic E-state index is 0.0510. The van der Waals surface area contributed by atoms with Gasteiger partial charge >= 0.3 is 5.97 Å². The van der Waals surface area contributed by atoms with Crippen LogP contribution >= 0.6 is 0 Å². The molecule has 0 spiro atoms. The fourth-order valence-corrected chi connectivity index (χ4v) is 4.88. The molecule has 12 nitrogen and oxygen atoms in total. The molecule has 1 unspecified atom stereocenters. The third kappa shape index (κ3) is 7.52. The van der Waals surface area contributed by atoms with Crippen LogP contribution in [-0.2, 0) is 32.0 Å². The molecule has 1 saturated heterocycles. The Balaban J connectivity index is 1.73. The van der Waals surface area contributed by atoms with Crippen LogP contribution in [0.15, 0.2) is 73.2 Å². The molecular weight excluding hydrogens is 554 g/mol. The van der Waals surface area contributed by atoms with E-state index < -0.39 is 59.9 Å². The Morgan fingerprint density at radius 1 is 1.00 bits per heavy atom. The third-order valence-electron chi connectivity index (χ3n) is 7.61. The summed E-state index contributed by atoms with van der Waals surface area (Å²) in [7, 11) is 1.45. The Morgan fingerprint density at radius 3 is 2.37 bits per heavy atom. The summed E-state index contributed by atoms with van der Waals surface area (Å²) in [5.41, 5.74) is 1.11. The highest BCUT2D eigenvalue weighted by atomic mass is 16.5. The zero-order chi connectivity index (χ0) is 31.1. The Hall–Kier alpha value is -4.84. The van der Waals surface area contributed by atoms with E-state index in [1.165, 1.54) is 37.2 Å². The van der Waals surface area contributed by atoms with Gasteiger partial charge < -0.3 is 30.5 Å².